The minimum Gasteiger partial charge on any atom is -0.457 e. The highest BCUT2D eigenvalue weighted by Crippen LogP contribution is 2.46. The first-order valence-corrected chi connectivity index (χ1v) is 14.5. The molecule has 2 saturated heterocycles. The maximum absolute atomic E-state index is 14.2. The summed E-state index contributed by atoms with van der Waals surface area (Å²) in [4.78, 5) is 70.5. The summed E-state index contributed by atoms with van der Waals surface area (Å²) in [6.45, 7) is 4.87. The SMILES string of the molecule is CC(C)(C)OC(=O)C(N1C(=O)NC2(CCc3cc(Br)ccc32)C1=O)N1C(=O)NC2(CCc3cc(Br)ccc32)C1=O. The van der Waals surface area contributed by atoms with Gasteiger partial charge in [0.1, 0.15) is 16.7 Å². The van der Waals surface area contributed by atoms with Crippen molar-refractivity contribution in [2.45, 2.75) is 69.3 Å². The van der Waals surface area contributed by atoms with Crippen molar-refractivity contribution in [3.8, 4) is 0 Å². The zero-order valence-electron chi connectivity index (χ0n) is 22.0. The number of ether oxygens (including phenoxy) is 1. The predicted molar refractivity (Wildman–Crippen MR) is 149 cm³/mol. The van der Waals surface area contributed by atoms with Crippen molar-refractivity contribution in [2.75, 3.05) is 0 Å². The Balaban J connectivity index is 1.43. The van der Waals surface area contributed by atoms with E-state index in [4.69, 9.17) is 4.74 Å². The molecule has 2 aromatic carbocycles. The van der Waals surface area contributed by atoms with Crippen LogP contribution in [0.5, 0.6) is 0 Å². The van der Waals surface area contributed by atoms with Crippen molar-refractivity contribution >= 4 is 61.7 Å². The van der Waals surface area contributed by atoms with E-state index >= 15 is 0 Å². The number of fused-ring (bicyclic) bond motifs is 4. The summed E-state index contributed by atoms with van der Waals surface area (Å²) < 4.78 is 7.25. The molecule has 0 saturated carbocycles. The average molecular weight is 674 g/mol. The molecular formula is C28H26Br2N4O6. The lowest BCUT2D eigenvalue weighted by atomic mass is 9.91. The Hall–Kier alpha value is -3.25. The number of nitrogens with one attached hydrogen (secondary N) is 2. The molecule has 2 fully saturated rings. The van der Waals surface area contributed by atoms with E-state index in [1.54, 1.807) is 45.0 Å². The highest BCUT2D eigenvalue weighted by molar-refractivity contribution is 9.10. The van der Waals surface area contributed by atoms with Crippen molar-refractivity contribution in [3.05, 3.63) is 67.6 Å². The molecule has 2 aliphatic carbocycles. The standard InChI is InChI=1S/C28H26Br2N4O6/c1-26(2,3)40-21(35)20(33-22(36)27(31-24(33)38)10-8-14-12-16(29)4-6-18(14)27)34-23(37)28(32-25(34)39)11-9-15-13-17(30)5-7-19(15)28/h4-7,12-13,20H,8-11H2,1-3H3,(H,31,38)(H,32,39). The van der Waals surface area contributed by atoms with E-state index in [1.165, 1.54) is 0 Å². The molecule has 4 aliphatic rings. The van der Waals surface area contributed by atoms with E-state index in [2.05, 4.69) is 42.5 Å². The van der Waals surface area contributed by atoms with Gasteiger partial charge < -0.3 is 15.4 Å². The van der Waals surface area contributed by atoms with Gasteiger partial charge in [0.05, 0.1) is 0 Å². The molecule has 2 atom stereocenters. The summed E-state index contributed by atoms with van der Waals surface area (Å²) in [6.07, 6.45) is -0.355. The molecular weight excluding hydrogens is 648 g/mol. The number of halogens is 2. The Bertz CT molecular complexity index is 1440. The summed E-state index contributed by atoms with van der Waals surface area (Å²) >= 11 is 6.88. The van der Waals surface area contributed by atoms with Gasteiger partial charge in [0.15, 0.2) is 0 Å². The second-order valence-electron chi connectivity index (χ2n) is 11.5. The van der Waals surface area contributed by atoms with Crippen LogP contribution in [-0.2, 0) is 43.0 Å². The highest BCUT2D eigenvalue weighted by Gasteiger charge is 2.64. The molecule has 6 rings (SSSR count). The Morgan fingerprint density at radius 1 is 0.825 bits per heavy atom. The van der Waals surface area contributed by atoms with E-state index in [-0.39, 0.29) is 12.8 Å². The molecule has 12 heteroatoms. The van der Waals surface area contributed by atoms with Gasteiger partial charge in [-0.15, -0.1) is 0 Å². The number of hydrogen-bond acceptors (Lipinski definition) is 6. The van der Waals surface area contributed by atoms with Crippen LogP contribution >= 0.6 is 31.9 Å². The van der Waals surface area contributed by atoms with E-state index in [0.717, 1.165) is 20.1 Å². The molecule has 2 spiro atoms. The monoisotopic (exact) mass is 672 g/mol. The van der Waals surface area contributed by atoms with Crippen LogP contribution in [0.2, 0.25) is 0 Å². The van der Waals surface area contributed by atoms with Gasteiger partial charge in [-0.05, 0) is 93.0 Å². The number of esters is 1. The van der Waals surface area contributed by atoms with Gasteiger partial charge in [-0.2, -0.15) is 0 Å². The Morgan fingerprint density at radius 2 is 1.25 bits per heavy atom. The van der Waals surface area contributed by atoms with Crippen molar-refractivity contribution in [1.82, 2.24) is 20.4 Å². The average Bonchev–Trinajstić information content (AvgIpc) is 3.54. The van der Waals surface area contributed by atoms with Gasteiger partial charge in [-0.25, -0.2) is 24.2 Å². The van der Waals surface area contributed by atoms with Crippen LogP contribution in [0.1, 0.15) is 55.9 Å². The predicted octanol–water partition coefficient (Wildman–Crippen LogP) is 3.97. The van der Waals surface area contributed by atoms with Crippen LogP contribution in [0.3, 0.4) is 0 Å². The van der Waals surface area contributed by atoms with E-state index in [1.807, 2.05) is 12.1 Å². The molecule has 40 heavy (non-hydrogen) atoms. The Labute approximate surface area is 247 Å². The van der Waals surface area contributed by atoms with E-state index in [0.29, 0.717) is 33.8 Å². The molecule has 2 unspecified atom stereocenters. The number of benzene rings is 2. The number of rotatable bonds is 3. The highest BCUT2D eigenvalue weighted by atomic mass is 79.9. The second kappa shape index (κ2) is 8.87. The second-order valence-corrected chi connectivity index (χ2v) is 13.4. The van der Waals surface area contributed by atoms with Gasteiger partial charge >= 0.3 is 18.0 Å². The maximum Gasteiger partial charge on any atom is 0.351 e. The topological polar surface area (TPSA) is 125 Å². The van der Waals surface area contributed by atoms with Crippen LogP contribution in [0.15, 0.2) is 45.3 Å². The molecule has 2 N–H and O–H groups in total. The molecule has 2 heterocycles. The maximum atomic E-state index is 14.2. The minimum atomic E-state index is -1.93. The Kier molecular flexibility index (Phi) is 5.98. The fraction of sp³-hybridized carbons (Fsp3) is 0.393. The molecule has 0 radical (unpaired) electrons. The lowest BCUT2D eigenvalue weighted by molar-refractivity contribution is -0.171. The zero-order chi connectivity index (χ0) is 28.8. The minimum absolute atomic E-state index is 0.271. The number of urea groups is 2. The van der Waals surface area contributed by atoms with E-state index in [9.17, 15) is 24.0 Å². The van der Waals surface area contributed by atoms with Crippen LogP contribution in [0.4, 0.5) is 9.59 Å². The van der Waals surface area contributed by atoms with Gasteiger partial charge in [-0.3, -0.25) is 9.59 Å². The Morgan fingerprint density at radius 3 is 1.65 bits per heavy atom. The normalized spacial score (nSPS) is 25.9. The van der Waals surface area contributed by atoms with Crippen molar-refractivity contribution in [2.24, 2.45) is 0 Å². The number of carbonyl (C=O) groups excluding carboxylic acids is 5. The van der Waals surface area contributed by atoms with Crippen LogP contribution in [0.25, 0.3) is 0 Å². The quantitative estimate of drug-likeness (QED) is 0.376. The van der Waals surface area contributed by atoms with Gasteiger partial charge in [0, 0.05) is 8.95 Å². The lowest BCUT2D eigenvalue weighted by Gasteiger charge is -2.33. The van der Waals surface area contributed by atoms with Crippen molar-refractivity contribution in [3.63, 3.8) is 0 Å². The van der Waals surface area contributed by atoms with Crippen molar-refractivity contribution < 1.29 is 28.7 Å². The molecule has 0 bridgehead atoms. The molecule has 208 valence electrons. The third-order valence-electron chi connectivity index (χ3n) is 7.95. The summed E-state index contributed by atoms with van der Waals surface area (Å²) in [6, 6.07) is 9.07. The number of aryl methyl sites for hydroxylation is 2. The molecule has 2 aliphatic heterocycles. The number of nitrogens with zero attached hydrogens (tertiary/aromatic N) is 2. The van der Waals surface area contributed by atoms with Crippen LogP contribution in [0, 0.1) is 0 Å². The third-order valence-corrected chi connectivity index (χ3v) is 8.93. The first-order chi connectivity index (χ1) is 18.8. The summed E-state index contributed by atoms with van der Waals surface area (Å²) in [5.74, 6) is -2.49. The number of hydrogen-bond donors (Lipinski definition) is 2. The van der Waals surface area contributed by atoms with Crippen LogP contribution in [-0.4, -0.2) is 51.4 Å². The fourth-order valence-electron chi connectivity index (χ4n) is 6.30. The molecule has 2 aromatic rings. The molecule has 6 amide bonds. The summed E-state index contributed by atoms with van der Waals surface area (Å²) in [5, 5.41) is 5.56. The van der Waals surface area contributed by atoms with Crippen LogP contribution < -0.4 is 10.6 Å². The number of amides is 6. The van der Waals surface area contributed by atoms with Gasteiger partial charge in [0.25, 0.3) is 11.8 Å². The number of carbonyl (C=O) groups is 5. The van der Waals surface area contributed by atoms with Gasteiger partial charge in [-0.1, -0.05) is 44.0 Å². The third kappa shape index (κ3) is 3.82. The zero-order valence-corrected chi connectivity index (χ0v) is 25.1. The summed E-state index contributed by atoms with van der Waals surface area (Å²) in [5.41, 5.74) is -0.885. The summed E-state index contributed by atoms with van der Waals surface area (Å²) in [7, 11) is 0. The number of imide groups is 2. The molecule has 10 nitrogen and oxygen atoms in total. The van der Waals surface area contributed by atoms with Gasteiger partial charge in [0.2, 0.25) is 6.17 Å². The smallest absolute Gasteiger partial charge is 0.351 e. The fourth-order valence-corrected chi connectivity index (χ4v) is 7.12. The lowest BCUT2D eigenvalue weighted by Crippen LogP contribution is -2.60. The van der Waals surface area contributed by atoms with Crippen molar-refractivity contribution in [1.29, 1.82) is 0 Å². The largest absolute Gasteiger partial charge is 0.457 e. The first-order valence-electron chi connectivity index (χ1n) is 12.9. The van der Waals surface area contributed by atoms with E-state index < -0.39 is 52.7 Å². The first kappa shape index (κ1) is 26.9. The molecule has 0 aromatic heterocycles.